The fourth-order valence-electron chi connectivity index (χ4n) is 2.29. The minimum atomic E-state index is 0.0916. The van der Waals surface area contributed by atoms with Crippen LogP contribution in [0.3, 0.4) is 0 Å². The standard InChI is InChI=1S/C19H28N4S2/c1-13-7-8-14(15(9-13)24-6)10-21-18(20-5)22-11-17-23-16(12-25-17)19(2,3)4/h7-9,12H,10-11H2,1-6H3,(H2,20,21,22). The zero-order chi connectivity index (χ0) is 18.4. The monoisotopic (exact) mass is 376 g/mol. The summed E-state index contributed by atoms with van der Waals surface area (Å²) in [4.78, 5) is 10.3. The predicted octanol–water partition coefficient (Wildman–Crippen LogP) is 4.34. The quantitative estimate of drug-likeness (QED) is 0.463. The fourth-order valence-corrected chi connectivity index (χ4v) is 3.96. The third-order valence-electron chi connectivity index (χ3n) is 3.84. The van der Waals surface area contributed by atoms with Gasteiger partial charge in [0, 0.05) is 29.3 Å². The van der Waals surface area contributed by atoms with Gasteiger partial charge in [-0.25, -0.2) is 4.98 Å². The number of nitrogens with zero attached hydrogens (tertiary/aromatic N) is 2. The van der Waals surface area contributed by atoms with Gasteiger partial charge in [-0.3, -0.25) is 4.99 Å². The first-order chi connectivity index (χ1) is 11.8. The van der Waals surface area contributed by atoms with Crippen molar-refractivity contribution in [3.05, 3.63) is 45.4 Å². The molecular weight excluding hydrogens is 348 g/mol. The van der Waals surface area contributed by atoms with E-state index in [0.29, 0.717) is 6.54 Å². The van der Waals surface area contributed by atoms with Gasteiger partial charge in [0.2, 0.25) is 0 Å². The summed E-state index contributed by atoms with van der Waals surface area (Å²) in [5.41, 5.74) is 3.80. The summed E-state index contributed by atoms with van der Waals surface area (Å²) >= 11 is 3.47. The fraction of sp³-hybridized carbons (Fsp3) is 0.474. The van der Waals surface area contributed by atoms with Crippen LogP contribution in [0, 0.1) is 6.92 Å². The molecule has 0 spiro atoms. The molecule has 1 aromatic carbocycles. The Morgan fingerprint density at radius 3 is 2.56 bits per heavy atom. The lowest BCUT2D eigenvalue weighted by Gasteiger charge is -2.15. The van der Waals surface area contributed by atoms with Crippen molar-refractivity contribution in [2.75, 3.05) is 13.3 Å². The lowest BCUT2D eigenvalue weighted by atomic mass is 9.93. The Labute approximate surface area is 159 Å². The SMILES string of the molecule is CN=C(NCc1nc(C(C)(C)C)cs1)NCc1ccc(C)cc1SC. The first-order valence-corrected chi connectivity index (χ1v) is 10.5. The summed E-state index contributed by atoms with van der Waals surface area (Å²) in [6.45, 7) is 10.1. The molecule has 0 saturated heterocycles. The van der Waals surface area contributed by atoms with Crippen molar-refractivity contribution >= 4 is 29.1 Å². The number of guanidine groups is 1. The number of aromatic nitrogens is 1. The molecule has 25 heavy (non-hydrogen) atoms. The van der Waals surface area contributed by atoms with Crippen LogP contribution in [-0.2, 0) is 18.5 Å². The van der Waals surface area contributed by atoms with Gasteiger partial charge in [0.05, 0.1) is 12.2 Å². The molecule has 0 aliphatic heterocycles. The van der Waals surface area contributed by atoms with E-state index in [9.17, 15) is 0 Å². The second-order valence-electron chi connectivity index (χ2n) is 6.97. The summed E-state index contributed by atoms with van der Waals surface area (Å²) in [6.07, 6.45) is 2.11. The molecule has 0 atom stereocenters. The molecule has 2 aromatic rings. The molecule has 2 rings (SSSR count). The van der Waals surface area contributed by atoms with Crippen LogP contribution < -0.4 is 10.6 Å². The summed E-state index contributed by atoms with van der Waals surface area (Å²) in [7, 11) is 1.79. The zero-order valence-corrected chi connectivity index (χ0v) is 17.6. The van der Waals surface area contributed by atoms with E-state index in [1.807, 2.05) is 0 Å². The van der Waals surface area contributed by atoms with Crippen molar-refractivity contribution in [3.8, 4) is 0 Å². The van der Waals surface area contributed by atoms with E-state index in [0.717, 1.165) is 23.2 Å². The summed E-state index contributed by atoms with van der Waals surface area (Å²) in [5.74, 6) is 0.792. The molecule has 2 N–H and O–H groups in total. The van der Waals surface area contributed by atoms with E-state index >= 15 is 0 Å². The van der Waals surface area contributed by atoms with Crippen molar-refractivity contribution in [2.24, 2.45) is 4.99 Å². The first-order valence-electron chi connectivity index (χ1n) is 8.36. The topological polar surface area (TPSA) is 49.3 Å². The molecule has 0 bridgehead atoms. The van der Waals surface area contributed by atoms with Crippen molar-refractivity contribution in [1.82, 2.24) is 15.6 Å². The van der Waals surface area contributed by atoms with Crippen LogP contribution in [0.15, 0.2) is 33.5 Å². The van der Waals surface area contributed by atoms with Crippen molar-refractivity contribution < 1.29 is 0 Å². The number of benzene rings is 1. The number of hydrogen-bond acceptors (Lipinski definition) is 4. The summed E-state index contributed by atoms with van der Waals surface area (Å²) < 4.78 is 0. The number of aliphatic imine (C=N–C) groups is 1. The van der Waals surface area contributed by atoms with Crippen LogP contribution in [0.1, 0.15) is 42.6 Å². The molecule has 6 heteroatoms. The molecule has 0 saturated carbocycles. The van der Waals surface area contributed by atoms with Crippen molar-refractivity contribution in [3.63, 3.8) is 0 Å². The van der Waals surface area contributed by atoms with Crippen molar-refractivity contribution in [1.29, 1.82) is 0 Å². The molecule has 1 aromatic heterocycles. The number of aryl methyl sites for hydroxylation is 1. The summed E-state index contributed by atoms with van der Waals surface area (Å²) in [6, 6.07) is 6.55. The third-order valence-corrected chi connectivity index (χ3v) is 5.51. The number of thioether (sulfide) groups is 1. The Hall–Kier alpha value is -1.53. The van der Waals surface area contributed by atoms with E-state index < -0.39 is 0 Å². The van der Waals surface area contributed by atoms with Gasteiger partial charge < -0.3 is 10.6 Å². The molecule has 0 aliphatic carbocycles. The Balaban J connectivity index is 1.92. The van der Waals surface area contributed by atoms with Crippen LogP contribution in [-0.4, -0.2) is 24.2 Å². The Morgan fingerprint density at radius 1 is 1.24 bits per heavy atom. The Morgan fingerprint density at radius 2 is 1.96 bits per heavy atom. The van der Waals surface area contributed by atoms with Crippen LogP contribution in [0.25, 0.3) is 0 Å². The molecule has 0 unspecified atom stereocenters. The normalized spacial score (nSPS) is 12.3. The maximum absolute atomic E-state index is 4.71. The van der Waals surface area contributed by atoms with Gasteiger partial charge in [-0.2, -0.15) is 0 Å². The Kier molecular flexibility index (Phi) is 6.90. The lowest BCUT2D eigenvalue weighted by Crippen LogP contribution is -2.36. The van der Waals surface area contributed by atoms with Crippen LogP contribution in [0.2, 0.25) is 0 Å². The highest BCUT2D eigenvalue weighted by Gasteiger charge is 2.17. The van der Waals surface area contributed by atoms with Crippen LogP contribution >= 0.6 is 23.1 Å². The Bertz CT molecular complexity index is 729. The molecule has 4 nitrogen and oxygen atoms in total. The second-order valence-corrected chi connectivity index (χ2v) is 8.76. The predicted molar refractivity (Wildman–Crippen MR) is 111 cm³/mol. The van der Waals surface area contributed by atoms with E-state index in [-0.39, 0.29) is 5.41 Å². The number of nitrogens with one attached hydrogen (secondary N) is 2. The molecule has 136 valence electrons. The van der Waals surface area contributed by atoms with E-state index in [2.05, 4.69) is 73.2 Å². The van der Waals surface area contributed by atoms with Crippen LogP contribution in [0.5, 0.6) is 0 Å². The van der Waals surface area contributed by atoms with Gasteiger partial charge in [0.25, 0.3) is 0 Å². The number of thiazole rings is 1. The smallest absolute Gasteiger partial charge is 0.191 e. The minimum Gasteiger partial charge on any atom is -0.352 e. The van der Waals surface area contributed by atoms with Gasteiger partial charge in [-0.05, 0) is 30.4 Å². The second kappa shape index (κ2) is 8.72. The van der Waals surface area contributed by atoms with E-state index in [4.69, 9.17) is 4.98 Å². The zero-order valence-electron chi connectivity index (χ0n) is 15.9. The van der Waals surface area contributed by atoms with E-state index in [1.165, 1.54) is 16.0 Å². The highest BCUT2D eigenvalue weighted by Crippen LogP contribution is 2.24. The van der Waals surface area contributed by atoms with Gasteiger partial charge in [0.1, 0.15) is 5.01 Å². The maximum Gasteiger partial charge on any atom is 0.191 e. The molecule has 0 fully saturated rings. The largest absolute Gasteiger partial charge is 0.352 e. The molecule has 0 radical (unpaired) electrons. The summed E-state index contributed by atoms with van der Waals surface area (Å²) in [5, 5.41) is 9.96. The molecule has 0 aliphatic rings. The molecule has 1 heterocycles. The molecular formula is C19H28N4S2. The number of hydrogen-bond donors (Lipinski definition) is 2. The van der Waals surface area contributed by atoms with Crippen molar-refractivity contribution in [2.45, 2.75) is 51.1 Å². The average Bonchev–Trinajstić information content (AvgIpc) is 3.05. The number of rotatable bonds is 5. The lowest BCUT2D eigenvalue weighted by molar-refractivity contribution is 0.570. The van der Waals surface area contributed by atoms with Gasteiger partial charge in [-0.15, -0.1) is 23.1 Å². The highest BCUT2D eigenvalue weighted by molar-refractivity contribution is 7.98. The molecule has 0 amide bonds. The maximum atomic E-state index is 4.71. The average molecular weight is 377 g/mol. The minimum absolute atomic E-state index is 0.0916. The third kappa shape index (κ3) is 5.75. The highest BCUT2D eigenvalue weighted by atomic mass is 32.2. The van der Waals surface area contributed by atoms with Gasteiger partial charge >= 0.3 is 0 Å². The van der Waals surface area contributed by atoms with Gasteiger partial charge in [0.15, 0.2) is 5.96 Å². The van der Waals surface area contributed by atoms with Gasteiger partial charge in [-0.1, -0.05) is 32.9 Å². The van der Waals surface area contributed by atoms with E-state index in [1.54, 1.807) is 30.1 Å². The van der Waals surface area contributed by atoms with Crippen LogP contribution in [0.4, 0.5) is 0 Å². The first kappa shape index (κ1) is 19.8.